The lowest BCUT2D eigenvalue weighted by atomic mass is 9.95. The maximum atomic E-state index is 6.21. The van der Waals surface area contributed by atoms with Gasteiger partial charge in [-0.3, -0.25) is 0 Å². The Hall–Kier alpha value is -0.530. The molecule has 0 radical (unpaired) electrons. The summed E-state index contributed by atoms with van der Waals surface area (Å²) in [6.07, 6.45) is 4.90. The van der Waals surface area contributed by atoms with Crippen molar-refractivity contribution in [2.24, 2.45) is 5.73 Å². The van der Waals surface area contributed by atoms with Gasteiger partial charge in [-0.05, 0) is 37.0 Å². The molecule has 0 amide bonds. The molecule has 0 saturated heterocycles. The summed E-state index contributed by atoms with van der Waals surface area (Å²) in [7, 11) is 0. The molecular formula is C14H24ClN. The molecular weight excluding hydrogens is 218 g/mol. The third-order valence-electron chi connectivity index (χ3n) is 3.16. The van der Waals surface area contributed by atoms with Gasteiger partial charge in [-0.2, -0.15) is 0 Å². The summed E-state index contributed by atoms with van der Waals surface area (Å²) in [4.78, 5) is 0. The Kier molecular flexibility index (Phi) is 7.44. The average Bonchev–Trinajstić information content (AvgIpc) is 2.22. The van der Waals surface area contributed by atoms with Crippen LogP contribution in [0.3, 0.4) is 0 Å². The van der Waals surface area contributed by atoms with Crippen molar-refractivity contribution in [3.05, 3.63) is 34.9 Å². The molecule has 1 rings (SSSR count). The van der Waals surface area contributed by atoms with Gasteiger partial charge in [0, 0.05) is 6.04 Å². The van der Waals surface area contributed by atoms with Crippen LogP contribution < -0.4 is 5.73 Å². The fourth-order valence-corrected chi connectivity index (χ4v) is 1.95. The van der Waals surface area contributed by atoms with Gasteiger partial charge in [0.05, 0.1) is 0 Å². The standard InChI is InChI=1S/C14H23N.ClH/c1-4-5-6-10-14(15)13-9-7-8-11(2)12(13)3;/h7-9,14H,4-6,10,15H2,1-3H3;1H/t14-;/m0./s1. The Morgan fingerprint density at radius 2 is 1.88 bits per heavy atom. The second-order valence-corrected chi connectivity index (χ2v) is 4.39. The minimum atomic E-state index is 0. The van der Waals surface area contributed by atoms with Crippen LogP contribution >= 0.6 is 12.4 Å². The number of nitrogens with two attached hydrogens (primary N) is 1. The third kappa shape index (κ3) is 4.15. The fourth-order valence-electron chi connectivity index (χ4n) is 1.95. The van der Waals surface area contributed by atoms with Crippen LogP contribution in [0.15, 0.2) is 18.2 Å². The van der Waals surface area contributed by atoms with Crippen LogP contribution in [0.5, 0.6) is 0 Å². The van der Waals surface area contributed by atoms with Crippen LogP contribution in [-0.2, 0) is 0 Å². The van der Waals surface area contributed by atoms with Crippen molar-refractivity contribution in [2.45, 2.75) is 52.5 Å². The summed E-state index contributed by atoms with van der Waals surface area (Å²) in [5.41, 5.74) is 10.2. The fraction of sp³-hybridized carbons (Fsp3) is 0.571. The maximum absolute atomic E-state index is 6.21. The van der Waals surface area contributed by atoms with E-state index in [0.29, 0.717) is 0 Å². The van der Waals surface area contributed by atoms with E-state index < -0.39 is 0 Å². The molecule has 1 atom stereocenters. The molecule has 0 fully saturated rings. The van der Waals surface area contributed by atoms with Gasteiger partial charge in [-0.1, -0.05) is 44.4 Å². The van der Waals surface area contributed by atoms with E-state index in [9.17, 15) is 0 Å². The van der Waals surface area contributed by atoms with E-state index in [4.69, 9.17) is 5.73 Å². The summed E-state index contributed by atoms with van der Waals surface area (Å²) >= 11 is 0. The van der Waals surface area contributed by atoms with Gasteiger partial charge in [-0.25, -0.2) is 0 Å². The first-order valence-electron chi connectivity index (χ1n) is 5.98. The SMILES string of the molecule is CCCCC[C@H](N)c1cccc(C)c1C.Cl. The van der Waals surface area contributed by atoms with Crippen molar-refractivity contribution in [1.82, 2.24) is 0 Å². The third-order valence-corrected chi connectivity index (χ3v) is 3.16. The number of hydrogen-bond acceptors (Lipinski definition) is 1. The first-order valence-corrected chi connectivity index (χ1v) is 5.98. The summed E-state index contributed by atoms with van der Waals surface area (Å²) < 4.78 is 0. The molecule has 0 saturated carbocycles. The molecule has 0 aromatic heterocycles. The van der Waals surface area contributed by atoms with Crippen molar-refractivity contribution in [3.8, 4) is 0 Å². The molecule has 0 aliphatic rings. The Labute approximate surface area is 106 Å². The Bertz CT molecular complexity index is 310. The molecule has 92 valence electrons. The smallest absolute Gasteiger partial charge is 0.0297 e. The predicted molar refractivity (Wildman–Crippen MR) is 74.2 cm³/mol. The molecule has 0 bridgehead atoms. The van der Waals surface area contributed by atoms with Gasteiger partial charge in [0.1, 0.15) is 0 Å². The molecule has 0 spiro atoms. The van der Waals surface area contributed by atoms with E-state index in [0.717, 1.165) is 6.42 Å². The molecule has 0 aliphatic heterocycles. The molecule has 1 nitrogen and oxygen atoms in total. The minimum absolute atomic E-state index is 0. The van der Waals surface area contributed by atoms with E-state index in [-0.39, 0.29) is 18.4 Å². The molecule has 0 heterocycles. The first-order chi connectivity index (χ1) is 7.16. The van der Waals surface area contributed by atoms with Gasteiger partial charge >= 0.3 is 0 Å². The molecule has 1 aromatic rings. The molecule has 0 unspecified atom stereocenters. The van der Waals surface area contributed by atoms with Crippen LogP contribution in [0.1, 0.15) is 55.3 Å². The van der Waals surface area contributed by atoms with E-state index in [1.54, 1.807) is 0 Å². The summed E-state index contributed by atoms with van der Waals surface area (Å²) in [6, 6.07) is 6.64. The van der Waals surface area contributed by atoms with Crippen molar-refractivity contribution >= 4 is 12.4 Å². The van der Waals surface area contributed by atoms with Gasteiger partial charge < -0.3 is 5.73 Å². The number of rotatable bonds is 5. The summed E-state index contributed by atoms with van der Waals surface area (Å²) in [6.45, 7) is 6.55. The zero-order chi connectivity index (χ0) is 11.3. The minimum Gasteiger partial charge on any atom is -0.324 e. The van der Waals surface area contributed by atoms with E-state index in [1.807, 2.05) is 0 Å². The lowest BCUT2D eigenvalue weighted by Gasteiger charge is -2.15. The van der Waals surface area contributed by atoms with Crippen LogP contribution in [0.4, 0.5) is 0 Å². The summed E-state index contributed by atoms with van der Waals surface area (Å²) in [5.74, 6) is 0. The Balaban J connectivity index is 0.00000225. The highest BCUT2D eigenvalue weighted by molar-refractivity contribution is 5.85. The molecule has 0 aliphatic carbocycles. The maximum Gasteiger partial charge on any atom is 0.0297 e. The second kappa shape index (κ2) is 7.70. The highest BCUT2D eigenvalue weighted by atomic mass is 35.5. The normalized spacial score (nSPS) is 12.0. The van der Waals surface area contributed by atoms with Crippen molar-refractivity contribution in [3.63, 3.8) is 0 Å². The largest absolute Gasteiger partial charge is 0.324 e. The summed E-state index contributed by atoms with van der Waals surface area (Å²) in [5, 5.41) is 0. The second-order valence-electron chi connectivity index (χ2n) is 4.39. The van der Waals surface area contributed by atoms with Gasteiger partial charge in [0.15, 0.2) is 0 Å². The van der Waals surface area contributed by atoms with Crippen LogP contribution in [0.25, 0.3) is 0 Å². The molecule has 16 heavy (non-hydrogen) atoms. The predicted octanol–water partition coefficient (Wildman–Crippen LogP) is 4.31. The molecule has 1 aromatic carbocycles. The monoisotopic (exact) mass is 241 g/mol. The van der Waals surface area contributed by atoms with Gasteiger partial charge in [0.2, 0.25) is 0 Å². The Morgan fingerprint density at radius 3 is 2.50 bits per heavy atom. The highest BCUT2D eigenvalue weighted by Gasteiger charge is 2.09. The zero-order valence-electron chi connectivity index (χ0n) is 10.6. The molecule has 2 N–H and O–H groups in total. The van der Waals surface area contributed by atoms with Crippen molar-refractivity contribution < 1.29 is 0 Å². The number of hydrogen-bond donors (Lipinski definition) is 1. The van der Waals surface area contributed by atoms with E-state index in [1.165, 1.54) is 36.0 Å². The van der Waals surface area contributed by atoms with Crippen molar-refractivity contribution in [1.29, 1.82) is 0 Å². The van der Waals surface area contributed by atoms with Crippen LogP contribution in [-0.4, -0.2) is 0 Å². The number of halogens is 1. The average molecular weight is 242 g/mol. The number of unbranched alkanes of at least 4 members (excludes halogenated alkanes) is 2. The van der Waals surface area contributed by atoms with E-state index >= 15 is 0 Å². The quantitative estimate of drug-likeness (QED) is 0.764. The number of aryl methyl sites for hydroxylation is 1. The van der Waals surface area contributed by atoms with Gasteiger partial charge in [0.25, 0.3) is 0 Å². The van der Waals surface area contributed by atoms with Gasteiger partial charge in [-0.15, -0.1) is 12.4 Å². The highest BCUT2D eigenvalue weighted by Crippen LogP contribution is 2.22. The zero-order valence-corrected chi connectivity index (χ0v) is 11.4. The Morgan fingerprint density at radius 1 is 1.19 bits per heavy atom. The van der Waals surface area contributed by atoms with Crippen LogP contribution in [0.2, 0.25) is 0 Å². The van der Waals surface area contributed by atoms with Crippen molar-refractivity contribution in [2.75, 3.05) is 0 Å². The topological polar surface area (TPSA) is 26.0 Å². The first kappa shape index (κ1) is 15.5. The van der Waals surface area contributed by atoms with E-state index in [2.05, 4.69) is 39.0 Å². The lowest BCUT2D eigenvalue weighted by molar-refractivity contribution is 0.579. The number of benzene rings is 1. The molecule has 2 heteroatoms. The lowest BCUT2D eigenvalue weighted by Crippen LogP contribution is -2.12. The van der Waals surface area contributed by atoms with Crippen LogP contribution in [0, 0.1) is 13.8 Å².